The second-order valence-corrected chi connectivity index (χ2v) is 4.77. The van der Waals surface area contributed by atoms with E-state index in [2.05, 4.69) is 20.8 Å². The molecule has 0 aliphatic carbocycles. The van der Waals surface area contributed by atoms with Crippen LogP contribution in [0, 0.1) is 0 Å². The molecule has 0 saturated carbocycles. The van der Waals surface area contributed by atoms with Crippen LogP contribution in [0.5, 0.6) is 0 Å². The summed E-state index contributed by atoms with van der Waals surface area (Å²) in [5.41, 5.74) is 4.05. The van der Waals surface area contributed by atoms with Gasteiger partial charge in [-0.3, -0.25) is 9.59 Å². The second-order valence-electron chi connectivity index (χ2n) is 4.77. The number of aromatic amines is 1. The molecule has 0 bridgehead atoms. The molecule has 0 radical (unpaired) electrons. The highest BCUT2D eigenvalue weighted by Gasteiger charge is 2.14. The number of para-hydroxylation sites is 1. The number of nitrogens with zero attached hydrogens (tertiary/aromatic N) is 1. The summed E-state index contributed by atoms with van der Waals surface area (Å²) in [5.74, 6) is -1.45. The number of amides is 2. The molecule has 1 aromatic heterocycles. The van der Waals surface area contributed by atoms with Crippen LogP contribution in [0.3, 0.4) is 0 Å². The molecule has 2 rings (SSSR count). The van der Waals surface area contributed by atoms with E-state index >= 15 is 0 Å². The van der Waals surface area contributed by atoms with Gasteiger partial charge in [0.2, 0.25) is 0 Å². The standard InChI is InChI=1S/C15H18N4O2/c1-3-10(2)18-14(20)15(21)19-17-9-11-8-16-13-7-5-4-6-12(11)13/h4-10,16H,3H2,1-2H3,(H,18,20)(H,19,21)/b17-9+/t10-/m0/s1. The van der Waals surface area contributed by atoms with E-state index in [1.54, 1.807) is 6.20 Å². The quantitative estimate of drug-likeness (QED) is 0.452. The number of hydrogen-bond donors (Lipinski definition) is 3. The maximum atomic E-state index is 11.5. The summed E-state index contributed by atoms with van der Waals surface area (Å²) in [4.78, 5) is 26.2. The highest BCUT2D eigenvalue weighted by Crippen LogP contribution is 2.15. The Morgan fingerprint density at radius 2 is 2.10 bits per heavy atom. The van der Waals surface area contributed by atoms with Gasteiger partial charge in [0.15, 0.2) is 0 Å². The number of hydrazone groups is 1. The lowest BCUT2D eigenvalue weighted by molar-refractivity contribution is -0.139. The Bertz CT molecular complexity index is 675. The van der Waals surface area contributed by atoms with Gasteiger partial charge in [0.25, 0.3) is 0 Å². The summed E-state index contributed by atoms with van der Waals surface area (Å²) >= 11 is 0. The zero-order valence-electron chi connectivity index (χ0n) is 12.0. The second kappa shape index (κ2) is 6.69. The first-order valence-electron chi connectivity index (χ1n) is 6.81. The molecule has 0 unspecified atom stereocenters. The van der Waals surface area contributed by atoms with E-state index in [0.29, 0.717) is 0 Å². The highest BCUT2D eigenvalue weighted by atomic mass is 16.2. The normalized spacial score (nSPS) is 12.5. The van der Waals surface area contributed by atoms with Crippen molar-refractivity contribution in [3.8, 4) is 0 Å². The predicted molar refractivity (Wildman–Crippen MR) is 81.9 cm³/mol. The molecular weight excluding hydrogens is 268 g/mol. The van der Waals surface area contributed by atoms with Crippen LogP contribution in [0.4, 0.5) is 0 Å². The van der Waals surface area contributed by atoms with E-state index in [0.717, 1.165) is 22.9 Å². The van der Waals surface area contributed by atoms with Crippen molar-refractivity contribution in [2.75, 3.05) is 0 Å². The molecule has 1 heterocycles. The average molecular weight is 286 g/mol. The van der Waals surface area contributed by atoms with Gasteiger partial charge in [0.1, 0.15) is 0 Å². The van der Waals surface area contributed by atoms with E-state index in [4.69, 9.17) is 0 Å². The number of hydrogen-bond acceptors (Lipinski definition) is 3. The van der Waals surface area contributed by atoms with E-state index in [9.17, 15) is 9.59 Å². The fraction of sp³-hybridized carbons (Fsp3) is 0.267. The van der Waals surface area contributed by atoms with Crippen LogP contribution >= 0.6 is 0 Å². The van der Waals surface area contributed by atoms with Crippen molar-refractivity contribution in [3.05, 3.63) is 36.0 Å². The summed E-state index contributed by atoms with van der Waals surface area (Å²) in [6.07, 6.45) is 4.06. The number of H-pyrrole nitrogens is 1. The van der Waals surface area contributed by atoms with E-state index < -0.39 is 11.8 Å². The first kappa shape index (κ1) is 14.8. The van der Waals surface area contributed by atoms with Crippen LogP contribution in [0.1, 0.15) is 25.8 Å². The zero-order valence-corrected chi connectivity index (χ0v) is 12.0. The van der Waals surface area contributed by atoms with Gasteiger partial charge in [-0.15, -0.1) is 0 Å². The maximum absolute atomic E-state index is 11.5. The molecule has 1 atom stereocenters. The van der Waals surface area contributed by atoms with Gasteiger partial charge in [-0.1, -0.05) is 25.1 Å². The number of benzene rings is 1. The Kier molecular flexibility index (Phi) is 4.71. The Morgan fingerprint density at radius 1 is 1.33 bits per heavy atom. The van der Waals surface area contributed by atoms with Gasteiger partial charge in [0.05, 0.1) is 6.21 Å². The van der Waals surface area contributed by atoms with Crippen molar-refractivity contribution in [2.45, 2.75) is 26.3 Å². The van der Waals surface area contributed by atoms with Crippen molar-refractivity contribution in [1.82, 2.24) is 15.7 Å². The fourth-order valence-corrected chi connectivity index (χ4v) is 1.80. The molecule has 2 amide bonds. The number of fused-ring (bicyclic) bond motifs is 1. The summed E-state index contributed by atoms with van der Waals surface area (Å²) in [6, 6.07) is 7.71. The lowest BCUT2D eigenvalue weighted by atomic mass is 10.2. The summed E-state index contributed by atoms with van der Waals surface area (Å²) in [5, 5.41) is 7.38. The third-order valence-electron chi connectivity index (χ3n) is 3.19. The van der Waals surface area contributed by atoms with Crippen molar-refractivity contribution < 1.29 is 9.59 Å². The lowest BCUT2D eigenvalue weighted by Gasteiger charge is -2.09. The van der Waals surface area contributed by atoms with Crippen LogP contribution in [0.2, 0.25) is 0 Å². The number of rotatable bonds is 4. The molecule has 6 heteroatoms. The maximum Gasteiger partial charge on any atom is 0.329 e. The van der Waals surface area contributed by atoms with Crippen LogP contribution in [-0.2, 0) is 9.59 Å². The minimum atomic E-state index is -0.772. The largest absolute Gasteiger partial charge is 0.361 e. The molecule has 21 heavy (non-hydrogen) atoms. The molecule has 0 aliphatic heterocycles. The average Bonchev–Trinajstić information content (AvgIpc) is 2.90. The van der Waals surface area contributed by atoms with Crippen LogP contribution in [0.25, 0.3) is 10.9 Å². The molecule has 2 aromatic rings. The number of aromatic nitrogens is 1. The molecule has 110 valence electrons. The van der Waals surface area contributed by atoms with E-state index in [1.165, 1.54) is 6.21 Å². The zero-order chi connectivity index (χ0) is 15.2. The highest BCUT2D eigenvalue weighted by molar-refractivity contribution is 6.35. The monoisotopic (exact) mass is 286 g/mol. The Labute approximate surface area is 122 Å². The molecule has 3 N–H and O–H groups in total. The molecule has 0 fully saturated rings. The van der Waals surface area contributed by atoms with Crippen molar-refractivity contribution >= 4 is 28.9 Å². The SMILES string of the molecule is CC[C@H](C)NC(=O)C(=O)N/N=C/c1c[nH]c2ccccc12. The molecule has 0 saturated heterocycles. The van der Waals surface area contributed by atoms with Crippen LogP contribution in [0.15, 0.2) is 35.6 Å². The van der Waals surface area contributed by atoms with Crippen molar-refractivity contribution in [3.63, 3.8) is 0 Å². The van der Waals surface area contributed by atoms with Gasteiger partial charge in [-0.05, 0) is 19.4 Å². The number of nitrogens with one attached hydrogen (secondary N) is 3. The summed E-state index contributed by atoms with van der Waals surface area (Å²) < 4.78 is 0. The van der Waals surface area contributed by atoms with Crippen molar-refractivity contribution in [2.24, 2.45) is 5.10 Å². The third kappa shape index (κ3) is 3.68. The Balaban J connectivity index is 1.96. The minimum absolute atomic E-state index is 0.0409. The first-order chi connectivity index (χ1) is 10.1. The topological polar surface area (TPSA) is 86.3 Å². The molecule has 6 nitrogen and oxygen atoms in total. The predicted octanol–water partition coefficient (Wildman–Crippen LogP) is 1.53. The van der Waals surface area contributed by atoms with Gasteiger partial charge in [-0.2, -0.15) is 5.10 Å². The van der Waals surface area contributed by atoms with Gasteiger partial charge in [-0.25, -0.2) is 5.43 Å². The number of carbonyl (C=O) groups excluding carboxylic acids is 2. The van der Waals surface area contributed by atoms with Gasteiger partial charge in [0, 0.05) is 28.7 Å². The van der Waals surface area contributed by atoms with E-state index in [-0.39, 0.29) is 6.04 Å². The third-order valence-corrected chi connectivity index (χ3v) is 3.19. The van der Waals surface area contributed by atoms with Crippen LogP contribution in [-0.4, -0.2) is 29.1 Å². The van der Waals surface area contributed by atoms with Gasteiger partial charge >= 0.3 is 11.8 Å². The smallest absolute Gasteiger partial charge is 0.329 e. The Morgan fingerprint density at radius 3 is 2.86 bits per heavy atom. The van der Waals surface area contributed by atoms with Crippen molar-refractivity contribution in [1.29, 1.82) is 0 Å². The minimum Gasteiger partial charge on any atom is -0.361 e. The van der Waals surface area contributed by atoms with E-state index in [1.807, 2.05) is 38.1 Å². The summed E-state index contributed by atoms with van der Waals surface area (Å²) in [6.45, 7) is 3.76. The number of carbonyl (C=O) groups is 2. The summed E-state index contributed by atoms with van der Waals surface area (Å²) in [7, 11) is 0. The molecular formula is C15H18N4O2. The lowest BCUT2D eigenvalue weighted by Crippen LogP contribution is -2.41. The fourth-order valence-electron chi connectivity index (χ4n) is 1.80. The first-order valence-corrected chi connectivity index (χ1v) is 6.81. The van der Waals surface area contributed by atoms with Crippen LogP contribution < -0.4 is 10.7 Å². The molecule has 0 spiro atoms. The Hall–Kier alpha value is -2.63. The molecule has 0 aliphatic rings. The molecule has 1 aromatic carbocycles. The van der Waals surface area contributed by atoms with Gasteiger partial charge < -0.3 is 10.3 Å².